The zero-order valence-electron chi connectivity index (χ0n) is 11.8. The zero-order valence-corrected chi connectivity index (χ0v) is 12.5. The van der Waals surface area contributed by atoms with Gasteiger partial charge in [0.2, 0.25) is 0 Å². The van der Waals surface area contributed by atoms with Crippen LogP contribution in [0.1, 0.15) is 12.8 Å². The van der Waals surface area contributed by atoms with Crippen molar-refractivity contribution in [3.8, 4) is 5.75 Å². The smallest absolute Gasteiger partial charge is 0.263 e. The summed E-state index contributed by atoms with van der Waals surface area (Å²) in [4.78, 5) is 11.8. The lowest BCUT2D eigenvalue weighted by atomic mass is 10.3. The summed E-state index contributed by atoms with van der Waals surface area (Å²) in [7, 11) is 0. The van der Waals surface area contributed by atoms with Crippen LogP contribution in [0.5, 0.6) is 5.75 Å². The number of aromatic nitrogens is 2. The van der Waals surface area contributed by atoms with Crippen molar-refractivity contribution >= 4 is 29.1 Å². The van der Waals surface area contributed by atoms with Crippen molar-refractivity contribution in [3.63, 3.8) is 0 Å². The molecule has 0 bridgehead atoms. The Hall–Kier alpha value is -2.34. The van der Waals surface area contributed by atoms with E-state index in [4.69, 9.17) is 16.3 Å². The van der Waals surface area contributed by atoms with Crippen LogP contribution in [0.25, 0.3) is 0 Å². The molecule has 0 aliphatic heterocycles. The maximum atomic E-state index is 11.8. The van der Waals surface area contributed by atoms with E-state index < -0.39 is 0 Å². The number of carbonyl (C=O) groups is 1. The number of amides is 1. The topological polar surface area (TPSA) is 76.1 Å². The van der Waals surface area contributed by atoms with E-state index in [1.165, 1.54) is 12.8 Å². The van der Waals surface area contributed by atoms with E-state index >= 15 is 0 Å². The highest BCUT2D eigenvalue weighted by Gasteiger charge is 2.21. The Morgan fingerprint density at radius 2 is 1.82 bits per heavy atom. The average Bonchev–Trinajstić information content (AvgIpc) is 3.33. The van der Waals surface area contributed by atoms with Crippen LogP contribution >= 0.6 is 11.6 Å². The first-order valence-electron chi connectivity index (χ1n) is 6.97. The molecular weight excluding hydrogens is 304 g/mol. The molecule has 1 amide bonds. The summed E-state index contributed by atoms with van der Waals surface area (Å²) in [5.41, 5.74) is 0. The number of halogens is 1. The Balaban J connectivity index is 1.47. The Morgan fingerprint density at radius 1 is 1.14 bits per heavy atom. The summed E-state index contributed by atoms with van der Waals surface area (Å²) in [6.45, 7) is -0.106. The Bertz CT molecular complexity index is 642. The van der Waals surface area contributed by atoms with Gasteiger partial charge in [-0.3, -0.25) is 4.79 Å². The number of anilines is 2. The highest BCUT2D eigenvalue weighted by molar-refractivity contribution is 6.30. The van der Waals surface area contributed by atoms with Crippen LogP contribution in [-0.4, -0.2) is 28.8 Å². The van der Waals surface area contributed by atoms with Gasteiger partial charge in [0, 0.05) is 11.1 Å². The third-order valence-corrected chi connectivity index (χ3v) is 3.30. The largest absolute Gasteiger partial charge is 0.484 e. The summed E-state index contributed by atoms with van der Waals surface area (Å²) in [5, 5.41) is 14.4. The van der Waals surface area contributed by atoms with E-state index in [1.807, 2.05) is 0 Å². The van der Waals surface area contributed by atoms with Gasteiger partial charge in [-0.15, -0.1) is 10.2 Å². The quantitative estimate of drug-likeness (QED) is 0.856. The second-order valence-corrected chi connectivity index (χ2v) is 5.45. The normalized spacial score (nSPS) is 13.5. The lowest BCUT2D eigenvalue weighted by Gasteiger charge is -2.07. The third-order valence-electron chi connectivity index (χ3n) is 3.04. The van der Waals surface area contributed by atoms with Gasteiger partial charge in [-0.05, 0) is 49.2 Å². The number of nitrogens with one attached hydrogen (secondary N) is 2. The van der Waals surface area contributed by atoms with Crippen molar-refractivity contribution in [2.24, 2.45) is 0 Å². The molecule has 1 aliphatic rings. The molecule has 1 heterocycles. The van der Waals surface area contributed by atoms with E-state index in [1.54, 1.807) is 36.4 Å². The van der Waals surface area contributed by atoms with Gasteiger partial charge < -0.3 is 15.4 Å². The second kappa shape index (κ2) is 6.62. The Morgan fingerprint density at radius 3 is 2.45 bits per heavy atom. The number of hydrogen-bond acceptors (Lipinski definition) is 5. The molecular formula is C15H15ClN4O2. The minimum atomic E-state index is -0.299. The van der Waals surface area contributed by atoms with Crippen molar-refractivity contribution in [3.05, 3.63) is 41.4 Å². The maximum absolute atomic E-state index is 11.8. The molecule has 22 heavy (non-hydrogen) atoms. The number of benzene rings is 1. The van der Waals surface area contributed by atoms with Gasteiger partial charge in [0.15, 0.2) is 12.4 Å². The van der Waals surface area contributed by atoms with Gasteiger partial charge in [0.1, 0.15) is 11.6 Å². The number of rotatable bonds is 6. The van der Waals surface area contributed by atoms with Crippen molar-refractivity contribution in [1.29, 1.82) is 0 Å². The first kappa shape index (κ1) is 14.6. The summed E-state index contributed by atoms with van der Waals surface area (Å²) in [6.07, 6.45) is 2.34. The summed E-state index contributed by atoms with van der Waals surface area (Å²) in [5.74, 6) is 1.39. The standard InChI is InChI=1S/C15H15ClN4O2/c16-10-1-5-12(6-2-10)22-9-15(21)18-14-8-7-13(19-20-14)17-11-3-4-11/h1-2,5-8,11H,3-4,9H2,(H,17,19)(H,18,20,21). The molecule has 0 radical (unpaired) electrons. The molecule has 3 rings (SSSR count). The van der Waals surface area contributed by atoms with E-state index in [9.17, 15) is 4.79 Å². The minimum Gasteiger partial charge on any atom is -0.484 e. The molecule has 0 unspecified atom stereocenters. The van der Waals surface area contributed by atoms with Crippen LogP contribution in [0.15, 0.2) is 36.4 Å². The molecule has 1 aromatic heterocycles. The van der Waals surface area contributed by atoms with E-state index in [0.717, 1.165) is 5.82 Å². The summed E-state index contributed by atoms with van der Waals surface area (Å²) in [6, 6.07) is 10.8. The fourth-order valence-corrected chi connectivity index (χ4v) is 1.90. The van der Waals surface area contributed by atoms with Gasteiger partial charge in [0.25, 0.3) is 5.91 Å². The van der Waals surface area contributed by atoms with Gasteiger partial charge in [-0.2, -0.15) is 0 Å². The molecule has 7 heteroatoms. The van der Waals surface area contributed by atoms with E-state index in [2.05, 4.69) is 20.8 Å². The number of nitrogens with zero attached hydrogens (tertiary/aromatic N) is 2. The van der Waals surface area contributed by atoms with Crippen LogP contribution < -0.4 is 15.4 Å². The lowest BCUT2D eigenvalue weighted by Crippen LogP contribution is -2.21. The van der Waals surface area contributed by atoms with Crippen LogP contribution in [0, 0.1) is 0 Å². The molecule has 2 N–H and O–H groups in total. The molecule has 1 aliphatic carbocycles. The highest BCUT2D eigenvalue weighted by atomic mass is 35.5. The average molecular weight is 319 g/mol. The molecule has 0 atom stereocenters. The van der Waals surface area contributed by atoms with Crippen LogP contribution in [-0.2, 0) is 4.79 Å². The fraction of sp³-hybridized carbons (Fsp3) is 0.267. The molecule has 6 nitrogen and oxygen atoms in total. The third kappa shape index (κ3) is 4.33. The van der Waals surface area contributed by atoms with E-state index in [0.29, 0.717) is 22.6 Å². The van der Waals surface area contributed by atoms with Crippen LogP contribution in [0.4, 0.5) is 11.6 Å². The van der Waals surface area contributed by atoms with Crippen molar-refractivity contribution in [2.75, 3.05) is 17.2 Å². The number of carbonyl (C=O) groups excluding carboxylic acids is 1. The molecule has 1 saturated carbocycles. The molecule has 0 saturated heterocycles. The monoisotopic (exact) mass is 318 g/mol. The van der Waals surface area contributed by atoms with Crippen LogP contribution in [0.2, 0.25) is 5.02 Å². The zero-order chi connectivity index (χ0) is 15.4. The van der Waals surface area contributed by atoms with E-state index in [-0.39, 0.29) is 12.5 Å². The summed E-state index contributed by atoms with van der Waals surface area (Å²) < 4.78 is 5.35. The van der Waals surface area contributed by atoms with Crippen LogP contribution in [0.3, 0.4) is 0 Å². The molecule has 0 spiro atoms. The van der Waals surface area contributed by atoms with Gasteiger partial charge in [-0.1, -0.05) is 11.6 Å². The molecule has 1 fully saturated rings. The lowest BCUT2D eigenvalue weighted by molar-refractivity contribution is -0.118. The molecule has 114 valence electrons. The first-order valence-corrected chi connectivity index (χ1v) is 7.35. The first-order chi connectivity index (χ1) is 10.7. The minimum absolute atomic E-state index is 0.106. The maximum Gasteiger partial charge on any atom is 0.263 e. The predicted molar refractivity (Wildman–Crippen MR) is 84.3 cm³/mol. The summed E-state index contributed by atoms with van der Waals surface area (Å²) >= 11 is 5.77. The van der Waals surface area contributed by atoms with Gasteiger partial charge in [0.05, 0.1) is 0 Å². The van der Waals surface area contributed by atoms with Crippen molar-refractivity contribution < 1.29 is 9.53 Å². The SMILES string of the molecule is O=C(COc1ccc(Cl)cc1)Nc1ccc(NC2CC2)nn1. The number of hydrogen-bond donors (Lipinski definition) is 2. The Labute approximate surface area is 132 Å². The van der Waals surface area contributed by atoms with Crippen molar-refractivity contribution in [1.82, 2.24) is 10.2 Å². The second-order valence-electron chi connectivity index (χ2n) is 5.01. The highest BCUT2D eigenvalue weighted by Crippen LogP contribution is 2.23. The molecule has 1 aromatic carbocycles. The van der Waals surface area contributed by atoms with Gasteiger partial charge in [-0.25, -0.2) is 0 Å². The Kier molecular flexibility index (Phi) is 4.39. The fourth-order valence-electron chi connectivity index (χ4n) is 1.77. The molecule has 2 aromatic rings. The van der Waals surface area contributed by atoms with Crippen molar-refractivity contribution in [2.45, 2.75) is 18.9 Å². The van der Waals surface area contributed by atoms with Gasteiger partial charge >= 0.3 is 0 Å². The predicted octanol–water partition coefficient (Wildman–Crippen LogP) is 2.72. The number of ether oxygens (including phenoxy) is 1.